The Morgan fingerprint density at radius 1 is 1.12 bits per heavy atom. The van der Waals surface area contributed by atoms with Gasteiger partial charge < -0.3 is 9.73 Å². The molecule has 1 heterocycles. The van der Waals surface area contributed by atoms with E-state index >= 15 is 0 Å². The van der Waals surface area contributed by atoms with Gasteiger partial charge in [0.2, 0.25) is 0 Å². The van der Waals surface area contributed by atoms with Crippen LogP contribution in [-0.2, 0) is 6.54 Å². The summed E-state index contributed by atoms with van der Waals surface area (Å²) in [5, 5.41) is 2.16. The molecule has 0 saturated heterocycles. The van der Waals surface area contributed by atoms with Gasteiger partial charge in [-0.25, -0.2) is 4.39 Å². The van der Waals surface area contributed by atoms with Crippen molar-refractivity contribution >= 4 is 0 Å². The first-order valence-electron chi connectivity index (χ1n) is 5.46. The van der Waals surface area contributed by atoms with Crippen LogP contribution < -0.4 is 5.32 Å². The molecule has 16 heavy (non-hydrogen) atoms. The predicted octanol–water partition coefficient (Wildman–Crippen LogP) is 2.17. The molecule has 0 fully saturated rings. The van der Waals surface area contributed by atoms with Crippen LogP contribution in [0.4, 0.5) is 4.39 Å². The van der Waals surface area contributed by atoms with Crippen LogP contribution in [0.3, 0.4) is 0 Å². The van der Waals surface area contributed by atoms with E-state index in [-0.39, 0.29) is 5.82 Å². The average Bonchev–Trinajstić information content (AvgIpc) is 2.76. The van der Waals surface area contributed by atoms with Crippen molar-refractivity contribution in [2.75, 3.05) is 6.54 Å². The summed E-state index contributed by atoms with van der Waals surface area (Å²) >= 11 is 0. The largest absolute Gasteiger partial charge is 0.455 e. The summed E-state index contributed by atoms with van der Waals surface area (Å²) in [6.45, 7) is 3.98. The van der Waals surface area contributed by atoms with Crippen molar-refractivity contribution in [2.24, 2.45) is 0 Å². The first-order chi connectivity index (χ1) is 7.79. The highest BCUT2D eigenvalue weighted by Gasteiger charge is 2.05. The molecule has 3 heteroatoms. The minimum absolute atomic E-state index is 0.227. The molecule has 1 aromatic carbocycles. The van der Waals surface area contributed by atoms with Gasteiger partial charge in [-0.05, 0) is 43.3 Å². The van der Waals surface area contributed by atoms with Crippen molar-refractivity contribution in [3.8, 4) is 11.3 Å². The summed E-state index contributed by atoms with van der Waals surface area (Å²) in [4.78, 5) is 0. The van der Waals surface area contributed by atoms with Gasteiger partial charge in [0.25, 0.3) is 0 Å². The lowest BCUT2D eigenvalue weighted by atomic mass is 10.2. The molecule has 1 aromatic heterocycles. The van der Waals surface area contributed by atoms with Crippen molar-refractivity contribution < 1.29 is 14.1 Å². The number of rotatable bonds is 4. The second-order valence-electron chi connectivity index (χ2n) is 3.67. The third-order valence-corrected chi connectivity index (χ3v) is 2.42. The summed E-state index contributed by atoms with van der Waals surface area (Å²) < 4.78 is 18.4. The van der Waals surface area contributed by atoms with Crippen LogP contribution in [0.1, 0.15) is 12.7 Å². The zero-order valence-electron chi connectivity index (χ0n) is 9.24. The fourth-order valence-corrected chi connectivity index (χ4v) is 1.54. The summed E-state index contributed by atoms with van der Waals surface area (Å²) in [5.74, 6) is 1.51. The second kappa shape index (κ2) is 4.94. The van der Waals surface area contributed by atoms with Crippen LogP contribution in [0.2, 0.25) is 0 Å². The van der Waals surface area contributed by atoms with Crippen LogP contribution in [0, 0.1) is 5.82 Å². The first kappa shape index (κ1) is 10.9. The fraction of sp³-hybridized carbons (Fsp3) is 0.231. The van der Waals surface area contributed by atoms with Crippen LogP contribution >= 0.6 is 0 Å². The molecule has 0 amide bonds. The predicted molar refractivity (Wildman–Crippen MR) is 60.3 cm³/mol. The van der Waals surface area contributed by atoms with E-state index in [4.69, 9.17) is 4.42 Å². The van der Waals surface area contributed by atoms with Crippen LogP contribution in [0.25, 0.3) is 11.3 Å². The van der Waals surface area contributed by atoms with E-state index in [1.165, 1.54) is 12.1 Å². The van der Waals surface area contributed by atoms with Gasteiger partial charge in [-0.3, -0.25) is 0 Å². The molecule has 0 aliphatic carbocycles. The maximum Gasteiger partial charge on any atom is 0.158 e. The minimum atomic E-state index is -0.227. The normalized spacial score (nSPS) is 10.6. The number of halogens is 1. The average molecular weight is 220 g/mol. The molecule has 0 saturated carbocycles. The van der Waals surface area contributed by atoms with Crippen molar-refractivity contribution in [1.82, 2.24) is 0 Å². The lowest BCUT2D eigenvalue weighted by Crippen LogP contribution is -2.81. The molecule has 84 valence electrons. The monoisotopic (exact) mass is 220 g/mol. The van der Waals surface area contributed by atoms with Crippen LogP contribution in [0.15, 0.2) is 40.8 Å². The topological polar surface area (TPSA) is 29.8 Å². The molecule has 0 radical (unpaired) electrons. The smallest absolute Gasteiger partial charge is 0.158 e. The van der Waals surface area contributed by atoms with Gasteiger partial charge in [0.05, 0.1) is 6.54 Å². The number of quaternary nitrogens is 1. The number of hydrogen-bond donors (Lipinski definition) is 1. The molecule has 2 nitrogen and oxygen atoms in total. The first-order valence-corrected chi connectivity index (χ1v) is 5.46. The zero-order valence-corrected chi connectivity index (χ0v) is 9.24. The van der Waals surface area contributed by atoms with Gasteiger partial charge in [0.15, 0.2) is 5.76 Å². The van der Waals surface area contributed by atoms with E-state index in [0.29, 0.717) is 0 Å². The highest BCUT2D eigenvalue weighted by Crippen LogP contribution is 2.21. The maximum atomic E-state index is 12.7. The molecular formula is C13H15FNO+. The summed E-state index contributed by atoms with van der Waals surface area (Å²) in [6.07, 6.45) is 0. The summed E-state index contributed by atoms with van der Waals surface area (Å²) in [5.41, 5.74) is 0.907. The summed E-state index contributed by atoms with van der Waals surface area (Å²) in [6, 6.07) is 10.2. The Balaban J connectivity index is 2.15. The van der Waals surface area contributed by atoms with Crippen LogP contribution in [-0.4, -0.2) is 6.54 Å². The number of hydrogen-bond acceptors (Lipinski definition) is 1. The fourth-order valence-electron chi connectivity index (χ4n) is 1.54. The van der Waals surface area contributed by atoms with E-state index in [1.54, 1.807) is 12.1 Å². The third-order valence-electron chi connectivity index (χ3n) is 2.42. The molecule has 0 bridgehead atoms. The second-order valence-corrected chi connectivity index (χ2v) is 3.67. The Hall–Kier alpha value is -1.61. The molecule has 2 rings (SSSR count). The van der Waals surface area contributed by atoms with E-state index in [9.17, 15) is 4.39 Å². The standard InChI is InChI=1S/C13H14FNO/c1-2-15-9-12-7-8-13(16-12)10-3-5-11(14)6-4-10/h3-8,15H,2,9H2,1H3/p+1. The van der Waals surface area contributed by atoms with E-state index < -0.39 is 0 Å². The Bertz CT molecular complexity index is 447. The molecule has 0 spiro atoms. The van der Waals surface area contributed by atoms with Crippen LogP contribution in [0.5, 0.6) is 0 Å². The number of furan rings is 1. The lowest BCUT2D eigenvalue weighted by Gasteiger charge is -1.97. The zero-order chi connectivity index (χ0) is 11.4. The van der Waals surface area contributed by atoms with Gasteiger partial charge in [-0.2, -0.15) is 0 Å². The van der Waals surface area contributed by atoms with E-state index in [0.717, 1.165) is 30.2 Å². The summed E-state index contributed by atoms with van der Waals surface area (Å²) in [7, 11) is 0. The van der Waals surface area contributed by atoms with Gasteiger partial charge in [-0.15, -0.1) is 0 Å². The van der Waals surface area contributed by atoms with Crippen molar-refractivity contribution in [3.05, 3.63) is 48.0 Å². The molecule has 0 unspecified atom stereocenters. The van der Waals surface area contributed by atoms with Gasteiger partial charge in [-0.1, -0.05) is 0 Å². The van der Waals surface area contributed by atoms with E-state index in [1.807, 2.05) is 12.1 Å². The van der Waals surface area contributed by atoms with Gasteiger partial charge in [0, 0.05) is 5.56 Å². The minimum Gasteiger partial charge on any atom is -0.455 e. The molecule has 0 atom stereocenters. The Morgan fingerprint density at radius 3 is 2.56 bits per heavy atom. The molecule has 0 aliphatic rings. The SMILES string of the molecule is CC[NH2+]Cc1ccc(-c2ccc(F)cc2)o1. The molecule has 2 aromatic rings. The Morgan fingerprint density at radius 2 is 1.88 bits per heavy atom. The van der Waals surface area contributed by atoms with Crippen molar-refractivity contribution in [3.63, 3.8) is 0 Å². The number of benzene rings is 1. The molecule has 2 N–H and O–H groups in total. The Labute approximate surface area is 94.1 Å². The lowest BCUT2D eigenvalue weighted by molar-refractivity contribution is -0.669. The van der Waals surface area contributed by atoms with Crippen molar-refractivity contribution in [1.29, 1.82) is 0 Å². The van der Waals surface area contributed by atoms with Gasteiger partial charge in [0.1, 0.15) is 18.1 Å². The third kappa shape index (κ3) is 2.49. The number of nitrogens with two attached hydrogens (primary N) is 1. The highest BCUT2D eigenvalue weighted by molar-refractivity contribution is 5.57. The van der Waals surface area contributed by atoms with E-state index in [2.05, 4.69) is 12.2 Å². The molecule has 0 aliphatic heterocycles. The quantitative estimate of drug-likeness (QED) is 0.840. The van der Waals surface area contributed by atoms with Crippen molar-refractivity contribution in [2.45, 2.75) is 13.5 Å². The Kier molecular flexibility index (Phi) is 3.37. The molecular weight excluding hydrogens is 205 g/mol. The van der Waals surface area contributed by atoms with Gasteiger partial charge >= 0.3 is 0 Å². The highest BCUT2D eigenvalue weighted by atomic mass is 19.1. The maximum absolute atomic E-state index is 12.7.